The number of nitrogens with two attached hydrogens (primary N) is 2. The van der Waals surface area contributed by atoms with Gasteiger partial charge in [0, 0.05) is 6.42 Å². The second-order valence-electron chi connectivity index (χ2n) is 8.56. The van der Waals surface area contributed by atoms with Gasteiger partial charge in [-0.3, -0.25) is 19.2 Å². The summed E-state index contributed by atoms with van der Waals surface area (Å²) in [5.41, 5.74) is 10.9. The number of rotatable bonds is 14. The first-order valence-electron chi connectivity index (χ1n) is 10.4. The van der Waals surface area contributed by atoms with Gasteiger partial charge in [-0.2, -0.15) is 0 Å². The first kappa shape index (κ1) is 28.3. The summed E-state index contributed by atoms with van der Waals surface area (Å²) >= 11 is 0. The van der Waals surface area contributed by atoms with Crippen LogP contribution in [0.1, 0.15) is 60.3 Å². The third-order valence-electron chi connectivity index (χ3n) is 4.45. The number of primary amides is 1. The summed E-state index contributed by atoms with van der Waals surface area (Å²) in [7, 11) is 0. The highest BCUT2D eigenvalue weighted by Crippen LogP contribution is 2.08. The molecule has 4 unspecified atom stereocenters. The first-order chi connectivity index (χ1) is 14.2. The van der Waals surface area contributed by atoms with Crippen molar-refractivity contribution in [3.63, 3.8) is 0 Å². The normalized spacial score (nSPS) is 15.0. The number of carboxylic acid groups (broad SMARTS) is 1. The molecule has 0 fully saturated rings. The molecule has 0 aliphatic heterocycles. The van der Waals surface area contributed by atoms with Gasteiger partial charge in [0.25, 0.3) is 0 Å². The molecule has 0 saturated carbocycles. The van der Waals surface area contributed by atoms with Gasteiger partial charge in [-0.25, -0.2) is 4.79 Å². The van der Waals surface area contributed by atoms with Crippen LogP contribution in [-0.4, -0.2) is 58.9 Å². The van der Waals surface area contributed by atoms with Crippen molar-refractivity contribution in [1.29, 1.82) is 0 Å². The molecule has 178 valence electrons. The maximum absolute atomic E-state index is 12.6. The van der Waals surface area contributed by atoms with E-state index in [9.17, 15) is 29.1 Å². The molecule has 0 aromatic carbocycles. The fraction of sp³-hybridized carbons (Fsp3) is 0.750. The van der Waals surface area contributed by atoms with E-state index in [-0.39, 0.29) is 31.1 Å². The summed E-state index contributed by atoms with van der Waals surface area (Å²) in [5, 5.41) is 16.7. The average Bonchev–Trinajstić information content (AvgIpc) is 2.62. The highest BCUT2D eigenvalue weighted by molar-refractivity contribution is 5.94. The van der Waals surface area contributed by atoms with Crippen molar-refractivity contribution in [2.45, 2.75) is 84.5 Å². The third kappa shape index (κ3) is 11.9. The Hall–Kier alpha value is -2.69. The van der Waals surface area contributed by atoms with E-state index in [1.54, 1.807) is 0 Å². The Bertz CT molecular complexity index is 652. The smallest absolute Gasteiger partial charge is 0.326 e. The predicted octanol–water partition coefficient (Wildman–Crippen LogP) is -0.770. The monoisotopic (exact) mass is 443 g/mol. The molecular weight excluding hydrogens is 406 g/mol. The van der Waals surface area contributed by atoms with Crippen molar-refractivity contribution in [2.24, 2.45) is 23.3 Å². The van der Waals surface area contributed by atoms with Gasteiger partial charge in [-0.15, -0.1) is 0 Å². The van der Waals surface area contributed by atoms with Crippen LogP contribution in [-0.2, 0) is 24.0 Å². The van der Waals surface area contributed by atoms with Crippen LogP contribution in [0.25, 0.3) is 0 Å². The van der Waals surface area contributed by atoms with Crippen molar-refractivity contribution in [3.8, 4) is 0 Å². The molecule has 0 aliphatic rings. The second-order valence-corrected chi connectivity index (χ2v) is 8.56. The van der Waals surface area contributed by atoms with Gasteiger partial charge in [0.1, 0.15) is 18.1 Å². The van der Waals surface area contributed by atoms with Gasteiger partial charge in [-0.1, -0.05) is 27.7 Å². The zero-order valence-electron chi connectivity index (χ0n) is 18.9. The van der Waals surface area contributed by atoms with Crippen LogP contribution >= 0.6 is 0 Å². The Morgan fingerprint density at radius 1 is 0.774 bits per heavy atom. The van der Waals surface area contributed by atoms with Crippen LogP contribution in [0.15, 0.2) is 0 Å². The zero-order valence-corrected chi connectivity index (χ0v) is 18.9. The number of amides is 4. The maximum Gasteiger partial charge on any atom is 0.326 e. The van der Waals surface area contributed by atoms with E-state index >= 15 is 0 Å². The highest BCUT2D eigenvalue weighted by Gasteiger charge is 2.29. The van der Waals surface area contributed by atoms with E-state index in [0.29, 0.717) is 6.42 Å². The number of hydrogen-bond donors (Lipinski definition) is 6. The number of hydrogen-bond acceptors (Lipinski definition) is 6. The number of carbonyl (C=O) groups excluding carboxylic acids is 4. The lowest BCUT2D eigenvalue weighted by atomic mass is 10.0. The molecule has 0 spiro atoms. The zero-order chi connectivity index (χ0) is 24.3. The first-order valence-corrected chi connectivity index (χ1v) is 10.4. The van der Waals surface area contributed by atoms with E-state index in [1.165, 1.54) is 6.92 Å². The highest BCUT2D eigenvalue weighted by atomic mass is 16.4. The van der Waals surface area contributed by atoms with Crippen molar-refractivity contribution in [1.82, 2.24) is 16.0 Å². The van der Waals surface area contributed by atoms with Crippen LogP contribution in [0.3, 0.4) is 0 Å². The minimum Gasteiger partial charge on any atom is -0.480 e. The molecular formula is C20H37N5O6. The molecule has 0 saturated heterocycles. The molecule has 0 bridgehead atoms. The third-order valence-corrected chi connectivity index (χ3v) is 4.45. The van der Waals surface area contributed by atoms with Crippen LogP contribution in [0.5, 0.6) is 0 Å². The lowest BCUT2D eigenvalue weighted by molar-refractivity contribution is -0.142. The fourth-order valence-corrected chi connectivity index (χ4v) is 2.82. The summed E-state index contributed by atoms with van der Waals surface area (Å²) in [6, 6.07) is -4.05. The molecule has 11 heteroatoms. The summed E-state index contributed by atoms with van der Waals surface area (Å²) < 4.78 is 0. The SMILES string of the molecule is CC(C)CC(N)C(=O)NC(C)C(=O)NC(CC(C)C)C(=O)NC(CCC(N)=O)C(=O)O. The molecule has 0 radical (unpaired) electrons. The van der Waals surface area contributed by atoms with Crippen LogP contribution < -0.4 is 27.4 Å². The molecule has 4 amide bonds. The Morgan fingerprint density at radius 2 is 1.29 bits per heavy atom. The Balaban J connectivity index is 5.11. The van der Waals surface area contributed by atoms with Crippen molar-refractivity contribution in [3.05, 3.63) is 0 Å². The minimum atomic E-state index is -1.32. The van der Waals surface area contributed by atoms with E-state index in [4.69, 9.17) is 11.5 Å². The van der Waals surface area contributed by atoms with Gasteiger partial charge in [-0.05, 0) is 38.0 Å². The van der Waals surface area contributed by atoms with Crippen LogP contribution in [0.2, 0.25) is 0 Å². The topological polar surface area (TPSA) is 194 Å². The summed E-state index contributed by atoms with van der Waals surface area (Å²) in [6.45, 7) is 8.99. The summed E-state index contributed by atoms with van der Waals surface area (Å²) in [6.07, 6.45) is 0.324. The van der Waals surface area contributed by atoms with E-state index in [2.05, 4.69) is 16.0 Å². The lowest BCUT2D eigenvalue weighted by Crippen LogP contribution is -2.56. The van der Waals surface area contributed by atoms with Crippen molar-refractivity contribution >= 4 is 29.6 Å². The average molecular weight is 444 g/mol. The van der Waals surface area contributed by atoms with Gasteiger partial charge >= 0.3 is 5.97 Å². The molecule has 0 heterocycles. The number of carbonyl (C=O) groups is 5. The predicted molar refractivity (Wildman–Crippen MR) is 114 cm³/mol. The second kappa shape index (κ2) is 13.6. The Labute approximate surface area is 183 Å². The fourth-order valence-electron chi connectivity index (χ4n) is 2.82. The molecule has 8 N–H and O–H groups in total. The van der Waals surface area contributed by atoms with Crippen molar-refractivity contribution < 1.29 is 29.1 Å². The molecule has 0 aromatic heterocycles. The van der Waals surface area contributed by atoms with Gasteiger partial charge in [0.15, 0.2) is 0 Å². The van der Waals surface area contributed by atoms with E-state index in [1.807, 2.05) is 27.7 Å². The largest absolute Gasteiger partial charge is 0.480 e. The Morgan fingerprint density at radius 3 is 1.74 bits per heavy atom. The maximum atomic E-state index is 12.6. The van der Waals surface area contributed by atoms with Crippen molar-refractivity contribution in [2.75, 3.05) is 0 Å². The summed E-state index contributed by atoms with van der Waals surface area (Å²) in [5.74, 6) is -3.56. The molecule has 31 heavy (non-hydrogen) atoms. The lowest BCUT2D eigenvalue weighted by Gasteiger charge is -2.25. The number of aliphatic carboxylic acids is 1. The summed E-state index contributed by atoms with van der Waals surface area (Å²) in [4.78, 5) is 59.6. The van der Waals surface area contributed by atoms with E-state index < -0.39 is 53.8 Å². The Kier molecular flexibility index (Phi) is 12.4. The number of nitrogens with one attached hydrogen (secondary N) is 3. The molecule has 4 atom stereocenters. The molecule has 0 rings (SSSR count). The minimum absolute atomic E-state index is 0.00862. The van der Waals surface area contributed by atoms with E-state index in [0.717, 1.165) is 0 Å². The van der Waals surface area contributed by atoms with Crippen LogP contribution in [0, 0.1) is 11.8 Å². The quantitative estimate of drug-likeness (QED) is 0.203. The standard InChI is InChI=1S/C20H37N5O6/c1-10(2)8-13(21)18(28)23-12(5)17(27)25-15(9-11(3)4)19(29)24-14(20(30)31)6-7-16(22)26/h10-15H,6-9,21H2,1-5H3,(H2,22,26)(H,23,28)(H,24,29)(H,25,27)(H,30,31). The number of carboxylic acids is 1. The van der Waals surface area contributed by atoms with Gasteiger partial charge < -0.3 is 32.5 Å². The van der Waals surface area contributed by atoms with Gasteiger partial charge in [0.2, 0.25) is 23.6 Å². The molecule has 11 nitrogen and oxygen atoms in total. The molecule has 0 aromatic rings. The van der Waals surface area contributed by atoms with Crippen LogP contribution in [0.4, 0.5) is 0 Å². The van der Waals surface area contributed by atoms with Gasteiger partial charge in [0.05, 0.1) is 6.04 Å². The molecule has 0 aliphatic carbocycles.